The molecule has 1 atom stereocenters. The molecule has 0 heterocycles. The molecule has 0 fully saturated rings. The molecule has 2 amide bonds. The molecule has 0 aliphatic carbocycles. The molecule has 0 saturated carbocycles. The summed E-state index contributed by atoms with van der Waals surface area (Å²) >= 11 is 0. The lowest BCUT2D eigenvalue weighted by molar-refractivity contribution is -0.139. The molecule has 7 nitrogen and oxygen atoms in total. The number of likely N-dealkylation sites (N-methyl/N-ethyl adjacent to an activating group) is 1. The van der Waals surface area contributed by atoms with Gasteiger partial charge in [-0.1, -0.05) is 60.7 Å². The van der Waals surface area contributed by atoms with Gasteiger partial charge in [0.05, 0.1) is 11.9 Å². The van der Waals surface area contributed by atoms with Crippen LogP contribution >= 0.6 is 0 Å². The van der Waals surface area contributed by atoms with Crippen LogP contribution < -0.4 is 9.62 Å². The van der Waals surface area contributed by atoms with Crippen molar-refractivity contribution in [3.05, 3.63) is 101 Å². The molecular formula is C28H32FN3O4S. The van der Waals surface area contributed by atoms with Crippen molar-refractivity contribution in [2.75, 3.05) is 24.2 Å². The Kier molecular flexibility index (Phi) is 9.04. The van der Waals surface area contributed by atoms with E-state index in [0.717, 1.165) is 21.7 Å². The second kappa shape index (κ2) is 12.0. The summed E-state index contributed by atoms with van der Waals surface area (Å²) in [7, 11) is -2.40. The lowest BCUT2D eigenvalue weighted by Gasteiger charge is -2.33. The maximum Gasteiger partial charge on any atom is 0.244 e. The second-order valence-electron chi connectivity index (χ2n) is 8.92. The first-order valence-electron chi connectivity index (χ1n) is 11.8. The van der Waals surface area contributed by atoms with E-state index in [1.54, 1.807) is 25.1 Å². The summed E-state index contributed by atoms with van der Waals surface area (Å²) < 4.78 is 41.4. The van der Waals surface area contributed by atoms with Crippen LogP contribution in [0.5, 0.6) is 0 Å². The van der Waals surface area contributed by atoms with E-state index < -0.39 is 40.2 Å². The van der Waals surface area contributed by atoms with Gasteiger partial charge in [-0.05, 0) is 42.7 Å². The quantitative estimate of drug-likeness (QED) is 0.438. The Balaban J connectivity index is 2.07. The fourth-order valence-corrected chi connectivity index (χ4v) is 5.03. The SMILES string of the molecule is CNC(=O)C(Cc1ccccc1)N(Cc1ccccc1F)C(=O)CN(c1cccc(C)c1C)S(C)(=O)=O. The molecule has 0 spiro atoms. The number of aryl methyl sites for hydroxylation is 1. The topological polar surface area (TPSA) is 86.8 Å². The van der Waals surface area contributed by atoms with Gasteiger partial charge in [0.25, 0.3) is 0 Å². The summed E-state index contributed by atoms with van der Waals surface area (Å²) in [6.07, 6.45) is 1.20. The van der Waals surface area contributed by atoms with Crippen molar-refractivity contribution in [1.29, 1.82) is 0 Å². The number of benzene rings is 3. The van der Waals surface area contributed by atoms with E-state index in [0.29, 0.717) is 11.3 Å². The van der Waals surface area contributed by atoms with E-state index in [9.17, 15) is 22.4 Å². The van der Waals surface area contributed by atoms with E-state index >= 15 is 0 Å². The molecule has 0 aliphatic heterocycles. The maximum absolute atomic E-state index is 14.7. The van der Waals surface area contributed by atoms with Crippen LogP contribution in [0.4, 0.5) is 10.1 Å². The number of nitrogens with zero attached hydrogens (tertiary/aromatic N) is 2. The van der Waals surface area contributed by atoms with E-state index in [-0.39, 0.29) is 18.5 Å². The van der Waals surface area contributed by atoms with Gasteiger partial charge in [-0.2, -0.15) is 0 Å². The minimum atomic E-state index is -3.87. The number of halogens is 1. The third-order valence-electron chi connectivity index (χ3n) is 6.34. The van der Waals surface area contributed by atoms with Crippen molar-refractivity contribution in [3.63, 3.8) is 0 Å². The lowest BCUT2D eigenvalue weighted by Crippen LogP contribution is -2.53. The fraction of sp³-hybridized carbons (Fsp3) is 0.286. The Labute approximate surface area is 218 Å². The van der Waals surface area contributed by atoms with Crippen molar-refractivity contribution in [2.24, 2.45) is 0 Å². The second-order valence-corrected chi connectivity index (χ2v) is 10.8. The first-order chi connectivity index (χ1) is 17.5. The van der Waals surface area contributed by atoms with Crippen LogP contribution in [0.25, 0.3) is 0 Å². The summed E-state index contributed by atoms with van der Waals surface area (Å²) in [4.78, 5) is 28.2. The zero-order valence-electron chi connectivity index (χ0n) is 21.4. The van der Waals surface area contributed by atoms with Crippen LogP contribution in [0.15, 0.2) is 72.8 Å². The van der Waals surface area contributed by atoms with Crippen LogP contribution in [-0.2, 0) is 32.6 Å². The lowest BCUT2D eigenvalue weighted by atomic mass is 10.0. The summed E-state index contributed by atoms with van der Waals surface area (Å²) in [5, 5.41) is 2.59. The summed E-state index contributed by atoms with van der Waals surface area (Å²) in [6, 6.07) is 19.4. The predicted octanol–water partition coefficient (Wildman–Crippen LogP) is 3.59. The zero-order chi connectivity index (χ0) is 27.2. The Morgan fingerprint density at radius 2 is 1.59 bits per heavy atom. The van der Waals surface area contributed by atoms with Crippen LogP contribution in [0.2, 0.25) is 0 Å². The monoisotopic (exact) mass is 525 g/mol. The molecule has 0 aliphatic rings. The van der Waals surface area contributed by atoms with Crippen molar-refractivity contribution in [2.45, 2.75) is 32.9 Å². The van der Waals surface area contributed by atoms with Crippen molar-refractivity contribution in [1.82, 2.24) is 10.2 Å². The molecule has 0 bridgehead atoms. The molecule has 3 aromatic rings. The van der Waals surface area contributed by atoms with Gasteiger partial charge < -0.3 is 10.2 Å². The molecule has 3 rings (SSSR count). The largest absolute Gasteiger partial charge is 0.357 e. The predicted molar refractivity (Wildman–Crippen MR) is 143 cm³/mol. The van der Waals surface area contributed by atoms with Crippen molar-refractivity contribution in [3.8, 4) is 0 Å². The van der Waals surface area contributed by atoms with Crippen LogP contribution in [0.3, 0.4) is 0 Å². The van der Waals surface area contributed by atoms with Gasteiger partial charge in [0.15, 0.2) is 0 Å². The van der Waals surface area contributed by atoms with Gasteiger partial charge in [0.1, 0.15) is 18.4 Å². The fourth-order valence-electron chi connectivity index (χ4n) is 4.13. The molecule has 1 unspecified atom stereocenters. The number of carbonyl (C=O) groups is 2. The van der Waals surface area contributed by atoms with Gasteiger partial charge in [0, 0.05) is 25.6 Å². The molecule has 196 valence electrons. The molecule has 0 aromatic heterocycles. The van der Waals surface area contributed by atoms with E-state index in [4.69, 9.17) is 0 Å². The highest BCUT2D eigenvalue weighted by atomic mass is 32.2. The van der Waals surface area contributed by atoms with E-state index in [1.807, 2.05) is 43.3 Å². The molecule has 3 aromatic carbocycles. The smallest absolute Gasteiger partial charge is 0.244 e. The molecular weight excluding hydrogens is 493 g/mol. The number of carbonyl (C=O) groups excluding carboxylic acids is 2. The average molecular weight is 526 g/mol. The summed E-state index contributed by atoms with van der Waals surface area (Å²) in [5.41, 5.74) is 2.98. The third kappa shape index (κ3) is 6.95. The third-order valence-corrected chi connectivity index (χ3v) is 7.47. The van der Waals surface area contributed by atoms with Gasteiger partial charge in [0.2, 0.25) is 21.8 Å². The van der Waals surface area contributed by atoms with Gasteiger partial charge >= 0.3 is 0 Å². The van der Waals surface area contributed by atoms with Crippen molar-refractivity contribution >= 4 is 27.5 Å². The van der Waals surface area contributed by atoms with Crippen LogP contribution in [0, 0.1) is 19.7 Å². The van der Waals surface area contributed by atoms with Gasteiger partial charge in [-0.25, -0.2) is 12.8 Å². The number of nitrogens with one attached hydrogen (secondary N) is 1. The zero-order valence-corrected chi connectivity index (χ0v) is 22.3. The number of hydrogen-bond acceptors (Lipinski definition) is 4. The minimum Gasteiger partial charge on any atom is -0.357 e. The highest BCUT2D eigenvalue weighted by molar-refractivity contribution is 7.92. The first-order valence-corrected chi connectivity index (χ1v) is 13.7. The Morgan fingerprint density at radius 1 is 0.946 bits per heavy atom. The summed E-state index contributed by atoms with van der Waals surface area (Å²) in [5.74, 6) is -1.59. The van der Waals surface area contributed by atoms with Crippen LogP contribution in [-0.4, -0.2) is 51.0 Å². The highest BCUT2D eigenvalue weighted by Gasteiger charge is 2.33. The molecule has 37 heavy (non-hydrogen) atoms. The van der Waals surface area contributed by atoms with E-state index in [1.165, 1.54) is 30.1 Å². The standard InChI is InChI=1S/C28H32FN3O4S/c1-20-11-10-16-25(21(20)2)32(37(4,35)36)19-27(33)31(18-23-14-8-9-15-24(23)29)26(28(34)30-3)17-22-12-6-5-7-13-22/h5-16,26H,17-19H2,1-4H3,(H,30,34). The molecule has 9 heteroatoms. The van der Waals surface area contributed by atoms with Gasteiger partial charge in [-0.3, -0.25) is 13.9 Å². The summed E-state index contributed by atoms with van der Waals surface area (Å²) in [6.45, 7) is 2.89. The molecule has 0 radical (unpaired) electrons. The number of sulfonamides is 1. The Bertz CT molecular complexity index is 1360. The van der Waals surface area contributed by atoms with Crippen LogP contribution in [0.1, 0.15) is 22.3 Å². The molecule has 0 saturated heterocycles. The molecule has 1 N–H and O–H groups in total. The maximum atomic E-state index is 14.7. The average Bonchev–Trinajstić information content (AvgIpc) is 2.87. The highest BCUT2D eigenvalue weighted by Crippen LogP contribution is 2.26. The normalized spacial score (nSPS) is 12.0. The number of hydrogen-bond donors (Lipinski definition) is 1. The first kappa shape index (κ1) is 27.9. The Hall–Kier alpha value is -3.72. The minimum absolute atomic E-state index is 0.170. The van der Waals surface area contributed by atoms with Gasteiger partial charge in [-0.15, -0.1) is 0 Å². The number of amides is 2. The number of anilines is 1. The van der Waals surface area contributed by atoms with Crippen molar-refractivity contribution < 1.29 is 22.4 Å². The Morgan fingerprint density at radius 3 is 2.22 bits per heavy atom. The van der Waals surface area contributed by atoms with E-state index in [2.05, 4.69) is 5.32 Å². The number of rotatable bonds is 10.